The maximum absolute atomic E-state index is 14.2. The normalized spacial score (nSPS) is 15.3. The Morgan fingerprint density at radius 2 is 1.73 bits per heavy atom. The van der Waals surface area contributed by atoms with Gasteiger partial charge in [0, 0.05) is 42.5 Å². The quantitative estimate of drug-likeness (QED) is 0.278. The highest BCUT2D eigenvalue weighted by Crippen LogP contribution is 2.31. The van der Waals surface area contributed by atoms with Gasteiger partial charge in [-0.1, -0.05) is 44.2 Å². The number of benzodiazepines with no additional fused rings is 1. The van der Waals surface area contributed by atoms with Crippen molar-refractivity contribution < 1.29 is 33.8 Å². The highest BCUT2D eigenvalue weighted by Gasteiger charge is 2.38. The molecule has 4 rings (SSSR count). The molecule has 2 heterocycles. The number of esters is 1. The Balaban J connectivity index is 1.65. The third-order valence-corrected chi connectivity index (χ3v) is 7.45. The number of para-hydroxylation sites is 1. The molecule has 0 bridgehead atoms. The molecule has 4 amide bonds. The van der Waals surface area contributed by atoms with Crippen LogP contribution in [0.4, 0.5) is 26.7 Å². The summed E-state index contributed by atoms with van der Waals surface area (Å²) in [6.45, 7) is 9.77. The van der Waals surface area contributed by atoms with Gasteiger partial charge in [-0.3, -0.25) is 19.5 Å². The summed E-state index contributed by atoms with van der Waals surface area (Å²) < 4.78 is 10.6. The zero-order valence-corrected chi connectivity index (χ0v) is 28.2. The molecule has 2 aromatic carbocycles. The molecule has 0 saturated carbocycles. The molecule has 0 saturated heterocycles. The number of aliphatic hydroxyl groups is 1. The molecule has 1 unspecified atom stereocenters. The van der Waals surface area contributed by atoms with E-state index in [0.29, 0.717) is 34.0 Å². The number of benzene rings is 2. The number of carbonyl (C=O) groups excluding carboxylic acids is 4. The first-order valence-electron chi connectivity index (χ1n) is 15.4. The number of aliphatic imine (C=N–C) groups is 1. The molecule has 1 aliphatic rings. The topological polar surface area (TPSA) is 163 Å². The number of β-amino-alcohol motifs (C(OH)–C–C–N with tert-alkyl or cyclic N) is 1. The second kappa shape index (κ2) is 14.6. The van der Waals surface area contributed by atoms with E-state index in [4.69, 9.17) is 14.5 Å². The lowest BCUT2D eigenvalue weighted by Gasteiger charge is -2.34. The van der Waals surface area contributed by atoms with Gasteiger partial charge in [-0.05, 0) is 57.2 Å². The van der Waals surface area contributed by atoms with Crippen molar-refractivity contribution in [2.75, 3.05) is 35.3 Å². The van der Waals surface area contributed by atoms with Crippen molar-refractivity contribution in [2.24, 2.45) is 10.4 Å². The molecule has 2 atom stereocenters. The maximum Gasteiger partial charge on any atom is 0.414 e. The van der Waals surface area contributed by atoms with Crippen LogP contribution in [0, 0.1) is 5.41 Å². The largest absolute Gasteiger partial charge is 0.465 e. The maximum atomic E-state index is 14.2. The van der Waals surface area contributed by atoms with Crippen molar-refractivity contribution in [3.63, 3.8) is 0 Å². The predicted octanol–water partition coefficient (Wildman–Crippen LogP) is 4.73. The average molecular weight is 659 g/mol. The van der Waals surface area contributed by atoms with E-state index in [9.17, 15) is 24.3 Å². The molecule has 13 heteroatoms. The zero-order chi connectivity index (χ0) is 35.2. The van der Waals surface area contributed by atoms with E-state index >= 15 is 0 Å². The van der Waals surface area contributed by atoms with Crippen LogP contribution in [0.1, 0.15) is 52.8 Å². The molecule has 0 spiro atoms. The minimum atomic E-state index is -1.43. The lowest BCUT2D eigenvalue weighted by molar-refractivity contribution is -0.146. The zero-order valence-electron chi connectivity index (χ0n) is 28.2. The molecule has 48 heavy (non-hydrogen) atoms. The third-order valence-electron chi connectivity index (χ3n) is 7.45. The van der Waals surface area contributed by atoms with Gasteiger partial charge in [0.25, 0.3) is 5.91 Å². The van der Waals surface area contributed by atoms with Gasteiger partial charge < -0.3 is 30.1 Å². The predicted molar refractivity (Wildman–Crippen MR) is 182 cm³/mol. The Morgan fingerprint density at radius 1 is 1.02 bits per heavy atom. The van der Waals surface area contributed by atoms with Gasteiger partial charge in [0.15, 0.2) is 0 Å². The van der Waals surface area contributed by atoms with Gasteiger partial charge in [0.1, 0.15) is 5.60 Å². The van der Waals surface area contributed by atoms with Crippen molar-refractivity contribution in [2.45, 2.75) is 59.4 Å². The van der Waals surface area contributed by atoms with E-state index in [2.05, 4.69) is 15.6 Å². The number of urea groups is 1. The summed E-state index contributed by atoms with van der Waals surface area (Å²) in [6.07, 6.45) is -1.53. The van der Waals surface area contributed by atoms with Crippen LogP contribution >= 0.6 is 0 Å². The van der Waals surface area contributed by atoms with Gasteiger partial charge in [-0.25, -0.2) is 14.6 Å². The van der Waals surface area contributed by atoms with Gasteiger partial charge in [-0.15, -0.1) is 0 Å². The van der Waals surface area contributed by atoms with Gasteiger partial charge in [0.2, 0.25) is 6.17 Å². The summed E-state index contributed by atoms with van der Waals surface area (Å²) in [5.74, 6) is -1.10. The lowest BCUT2D eigenvalue weighted by Crippen LogP contribution is -2.52. The number of amides is 4. The highest BCUT2D eigenvalue weighted by atomic mass is 16.6. The summed E-state index contributed by atoms with van der Waals surface area (Å²) in [7, 11) is 1.56. The van der Waals surface area contributed by atoms with Gasteiger partial charge in [0.05, 0.1) is 36.3 Å². The fourth-order valence-electron chi connectivity index (χ4n) is 4.74. The summed E-state index contributed by atoms with van der Waals surface area (Å²) in [6, 6.07) is 18.2. The molecule has 0 fully saturated rings. The van der Waals surface area contributed by atoms with Gasteiger partial charge >= 0.3 is 18.1 Å². The Morgan fingerprint density at radius 3 is 2.40 bits per heavy atom. The fourth-order valence-corrected chi connectivity index (χ4v) is 4.74. The number of nitrogens with one attached hydrogen (secondary N) is 2. The molecule has 254 valence electrons. The first-order chi connectivity index (χ1) is 22.6. The van der Waals surface area contributed by atoms with Crippen LogP contribution in [-0.2, 0) is 19.1 Å². The molecule has 3 N–H and O–H groups in total. The van der Waals surface area contributed by atoms with Crippen LogP contribution in [0.15, 0.2) is 77.9 Å². The van der Waals surface area contributed by atoms with Crippen molar-refractivity contribution >= 4 is 46.8 Å². The minimum absolute atomic E-state index is 0.0743. The van der Waals surface area contributed by atoms with E-state index in [0.717, 1.165) is 0 Å². The number of ether oxygens (including phenoxy) is 2. The van der Waals surface area contributed by atoms with Crippen molar-refractivity contribution in [1.29, 1.82) is 0 Å². The number of hydrogen-bond donors (Lipinski definition) is 3. The number of anilines is 3. The second-order valence-electron chi connectivity index (χ2n) is 13.0. The van der Waals surface area contributed by atoms with Crippen LogP contribution in [0.25, 0.3) is 0 Å². The minimum Gasteiger partial charge on any atom is -0.465 e. The van der Waals surface area contributed by atoms with Gasteiger partial charge in [-0.2, -0.15) is 0 Å². The van der Waals surface area contributed by atoms with Crippen molar-refractivity contribution in [3.05, 3.63) is 84.2 Å². The van der Waals surface area contributed by atoms with Crippen LogP contribution in [-0.4, -0.2) is 77.9 Å². The average Bonchev–Trinajstić information content (AvgIpc) is 3.14. The summed E-state index contributed by atoms with van der Waals surface area (Å²) >= 11 is 0. The summed E-state index contributed by atoms with van der Waals surface area (Å²) in [5.41, 5.74) is 1.06. The van der Waals surface area contributed by atoms with Crippen LogP contribution in [0.3, 0.4) is 0 Å². The van der Waals surface area contributed by atoms with Crippen molar-refractivity contribution in [1.82, 2.24) is 10.3 Å². The molecule has 1 aliphatic heterocycles. The number of pyridine rings is 1. The molecule has 0 radical (unpaired) electrons. The smallest absolute Gasteiger partial charge is 0.414 e. The monoisotopic (exact) mass is 658 g/mol. The Hall–Kier alpha value is -5.30. The Bertz CT molecular complexity index is 1690. The number of fused-ring (bicyclic) bond motifs is 1. The van der Waals surface area contributed by atoms with E-state index in [1.807, 2.05) is 0 Å². The summed E-state index contributed by atoms with van der Waals surface area (Å²) in [4.78, 5) is 63.6. The fraction of sp³-hybridized carbons (Fsp3) is 0.371. The molecule has 0 aliphatic carbocycles. The van der Waals surface area contributed by atoms with E-state index in [-0.39, 0.29) is 13.2 Å². The molecular formula is C35H42N6O7. The standard InChI is InChI=1S/C35H42N6O7/c1-22(42)47-21-35(5,6)28(43)20-41-27-17-9-8-15-25(27)29(26-16-10-11-18-36-26)38-30(31(41)44)39-32(45)37-23-13-12-14-24(19-23)40(7)33(46)48-34(2,3)4/h8-19,28,30,43H,20-21H2,1-7H3,(H2,37,39,45)/t28?,30-/m0/s1. The SMILES string of the molecule is CC(=O)OCC(C)(C)C(O)CN1C(=O)[C@H](NC(=O)Nc2cccc(N(C)C(=O)OC(C)(C)C)c2)N=C(c2ccccn2)c2ccccc21. The Labute approximate surface area is 280 Å². The second-order valence-corrected chi connectivity index (χ2v) is 13.0. The van der Waals surface area contributed by atoms with E-state index < -0.39 is 47.3 Å². The van der Waals surface area contributed by atoms with Crippen LogP contribution in [0.2, 0.25) is 0 Å². The van der Waals surface area contributed by atoms with E-state index in [1.165, 1.54) is 16.7 Å². The highest BCUT2D eigenvalue weighted by molar-refractivity contribution is 6.19. The third kappa shape index (κ3) is 8.94. The number of carbonyl (C=O) groups is 4. The first-order valence-corrected chi connectivity index (χ1v) is 15.4. The van der Waals surface area contributed by atoms with Crippen LogP contribution < -0.4 is 20.4 Å². The number of aromatic nitrogens is 1. The molecule has 3 aromatic rings. The van der Waals surface area contributed by atoms with Crippen molar-refractivity contribution in [3.8, 4) is 0 Å². The first kappa shape index (κ1) is 35.6. The molecule has 13 nitrogen and oxygen atoms in total. The number of hydrogen-bond acceptors (Lipinski definition) is 9. The summed E-state index contributed by atoms with van der Waals surface area (Å²) in [5, 5.41) is 16.7. The number of aliphatic hydroxyl groups excluding tert-OH is 1. The van der Waals surface area contributed by atoms with E-state index in [1.54, 1.807) is 115 Å². The number of rotatable bonds is 9. The lowest BCUT2D eigenvalue weighted by atomic mass is 9.87. The molecule has 1 aromatic heterocycles. The molecular weight excluding hydrogens is 616 g/mol. The number of nitrogens with zero attached hydrogens (tertiary/aromatic N) is 4. The van der Waals surface area contributed by atoms with Crippen LogP contribution in [0.5, 0.6) is 0 Å². The Kier molecular flexibility index (Phi) is 10.8.